The van der Waals surface area contributed by atoms with Crippen molar-refractivity contribution in [2.45, 2.75) is 64.8 Å². The summed E-state index contributed by atoms with van der Waals surface area (Å²) < 4.78 is 0. The van der Waals surface area contributed by atoms with E-state index in [9.17, 15) is 14.4 Å². The highest BCUT2D eigenvalue weighted by Crippen LogP contribution is 2.20. The number of benzene rings is 1. The Morgan fingerprint density at radius 1 is 1.23 bits per heavy atom. The van der Waals surface area contributed by atoms with E-state index in [-0.39, 0.29) is 24.3 Å². The average molecular weight is 427 g/mol. The number of fused-ring (bicyclic) bond motifs is 1. The number of hydrogen-bond acceptors (Lipinski definition) is 3. The minimum Gasteiger partial charge on any atom is -0.361 e. The maximum Gasteiger partial charge on any atom is 0.324 e. The fourth-order valence-electron chi connectivity index (χ4n) is 4.12. The minimum atomic E-state index is -0.622. The Hall–Kier alpha value is -2.83. The Kier molecular flexibility index (Phi) is 8.09. The van der Waals surface area contributed by atoms with Crippen LogP contribution in [0.25, 0.3) is 10.9 Å². The topological polar surface area (TPSA) is 94.3 Å². The smallest absolute Gasteiger partial charge is 0.324 e. The third-order valence-corrected chi connectivity index (χ3v) is 6.18. The van der Waals surface area contributed by atoms with Gasteiger partial charge in [0.05, 0.1) is 0 Å². The van der Waals surface area contributed by atoms with Gasteiger partial charge in [0, 0.05) is 36.6 Å². The van der Waals surface area contributed by atoms with Gasteiger partial charge in [-0.1, -0.05) is 51.3 Å². The molecule has 31 heavy (non-hydrogen) atoms. The van der Waals surface area contributed by atoms with E-state index in [1.54, 1.807) is 0 Å². The molecule has 2 atom stereocenters. The van der Waals surface area contributed by atoms with Gasteiger partial charge in [0.1, 0.15) is 6.04 Å². The van der Waals surface area contributed by atoms with Gasteiger partial charge in [-0.05, 0) is 36.8 Å². The first kappa shape index (κ1) is 22.8. The first-order chi connectivity index (χ1) is 15.0. The van der Waals surface area contributed by atoms with Crippen molar-refractivity contribution in [2.24, 2.45) is 5.92 Å². The van der Waals surface area contributed by atoms with E-state index in [1.165, 1.54) is 11.3 Å². The van der Waals surface area contributed by atoms with Crippen molar-refractivity contribution in [2.75, 3.05) is 13.1 Å². The number of amides is 4. The lowest BCUT2D eigenvalue weighted by atomic mass is 9.99. The minimum absolute atomic E-state index is 0.0609. The molecule has 168 valence electrons. The maximum absolute atomic E-state index is 12.7. The summed E-state index contributed by atoms with van der Waals surface area (Å²) in [7, 11) is 0. The monoisotopic (exact) mass is 426 g/mol. The van der Waals surface area contributed by atoms with Crippen molar-refractivity contribution in [1.29, 1.82) is 0 Å². The number of unbranched alkanes of at least 4 members (excludes halogenated alkanes) is 1. The summed E-state index contributed by atoms with van der Waals surface area (Å²) in [5, 5.41) is 6.82. The van der Waals surface area contributed by atoms with Crippen LogP contribution in [-0.2, 0) is 16.0 Å². The molecule has 1 aliphatic rings. The van der Waals surface area contributed by atoms with Crippen molar-refractivity contribution >= 4 is 28.7 Å². The van der Waals surface area contributed by atoms with Crippen molar-refractivity contribution in [3.63, 3.8) is 0 Å². The normalized spacial score (nSPS) is 17.2. The third kappa shape index (κ3) is 5.87. The van der Waals surface area contributed by atoms with Gasteiger partial charge in [-0.15, -0.1) is 0 Å². The number of H-pyrrole nitrogens is 1. The lowest BCUT2D eigenvalue weighted by Gasteiger charge is -2.16. The quantitative estimate of drug-likeness (QED) is 0.451. The van der Waals surface area contributed by atoms with Gasteiger partial charge in [0.2, 0.25) is 5.91 Å². The number of urea groups is 1. The predicted octanol–water partition coefficient (Wildman–Crippen LogP) is 3.74. The number of rotatable bonds is 12. The van der Waals surface area contributed by atoms with Crippen LogP contribution in [0.1, 0.15) is 57.9 Å². The molecule has 0 unspecified atom stereocenters. The predicted molar refractivity (Wildman–Crippen MR) is 122 cm³/mol. The number of imide groups is 1. The lowest BCUT2D eigenvalue weighted by Crippen LogP contribution is -2.34. The van der Waals surface area contributed by atoms with Crippen LogP contribution in [0.2, 0.25) is 0 Å². The molecule has 1 fully saturated rings. The second-order valence-electron chi connectivity index (χ2n) is 8.36. The number of carbonyl (C=O) groups excluding carboxylic acids is 3. The molecule has 1 saturated heterocycles. The van der Waals surface area contributed by atoms with E-state index < -0.39 is 6.04 Å². The van der Waals surface area contributed by atoms with Crippen LogP contribution < -0.4 is 10.6 Å². The second kappa shape index (κ2) is 11.0. The Bertz CT molecular complexity index is 907. The highest BCUT2D eigenvalue weighted by atomic mass is 16.2. The molecule has 1 aliphatic heterocycles. The van der Waals surface area contributed by atoms with Gasteiger partial charge in [0.15, 0.2) is 0 Å². The molecule has 3 N–H and O–H groups in total. The third-order valence-electron chi connectivity index (χ3n) is 6.18. The van der Waals surface area contributed by atoms with Crippen molar-refractivity contribution in [3.8, 4) is 0 Å². The first-order valence-corrected chi connectivity index (χ1v) is 11.5. The molecule has 7 heteroatoms. The number of nitrogens with one attached hydrogen (secondary N) is 3. The van der Waals surface area contributed by atoms with Crippen molar-refractivity contribution in [1.82, 2.24) is 20.5 Å². The molecular weight excluding hydrogens is 392 g/mol. The van der Waals surface area contributed by atoms with Gasteiger partial charge in [-0.2, -0.15) is 0 Å². The molecule has 0 radical (unpaired) electrons. The van der Waals surface area contributed by atoms with E-state index >= 15 is 0 Å². The number of aromatic amines is 1. The molecule has 0 spiro atoms. The van der Waals surface area contributed by atoms with Gasteiger partial charge in [-0.25, -0.2) is 4.79 Å². The number of carbonyl (C=O) groups is 3. The average Bonchev–Trinajstić information content (AvgIpc) is 3.31. The molecule has 0 saturated carbocycles. The Morgan fingerprint density at radius 2 is 2.03 bits per heavy atom. The largest absolute Gasteiger partial charge is 0.361 e. The molecular formula is C24H34N4O3. The van der Waals surface area contributed by atoms with Gasteiger partial charge in [0.25, 0.3) is 5.91 Å². The number of aromatic nitrogens is 1. The molecule has 0 bridgehead atoms. The van der Waals surface area contributed by atoms with Crippen LogP contribution in [0, 0.1) is 5.92 Å². The molecule has 3 rings (SSSR count). The van der Waals surface area contributed by atoms with E-state index in [2.05, 4.69) is 29.5 Å². The second-order valence-corrected chi connectivity index (χ2v) is 8.36. The summed E-state index contributed by atoms with van der Waals surface area (Å²) in [6, 6.07) is 6.97. The van der Waals surface area contributed by atoms with E-state index in [0.29, 0.717) is 31.8 Å². The van der Waals surface area contributed by atoms with Crippen LogP contribution >= 0.6 is 0 Å². The van der Waals surface area contributed by atoms with E-state index in [1.807, 2.05) is 30.5 Å². The van der Waals surface area contributed by atoms with Crippen LogP contribution in [0.5, 0.6) is 0 Å². The summed E-state index contributed by atoms with van der Waals surface area (Å²) >= 11 is 0. The standard InChI is InChI=1S/C24H34N4O3/c1-3-5-8-17(4-2)15-26-22(29)12-11-21-23(30)28(24(31)27-21)14-13-18-16-25-20-10-7-6-9-19(18)20/h6-7,9-10,16-17,21,25H,3-5,8,11-15H2,1-2H3,(H,26,29)(H,27,31)/t17-,21+/m1/s1. The number of para-hydroxylation sites is 1. The van der Waals surface area contributed by atoms with Crippen LogP contribution in [0.15, 0.2) is 30.5 Å². The molecule has 2 aromatic rings. The van der Waals surface area contributed by atoms with Gasteiger partial charge < -0.3 is 15.6 Å². The first-order valence-electron chi connectivity index (χ1n) is 11.5. The zero-order valence-corrected chi connectivity index (χ0v) is 18.6. The summed E-state index contributed by atoms with van der Waals surface area (Å²) in [6.07, 6.45) is 7.57. The number of hydrogen-bond donors (Lipinski definition) is 3. The van der Waals surface area contributed by atoms with Crippen molar-refractivity contribution in [3.05, 3.63) is 36.0 Å². The highest BCUT2D eigenvalue weighted by molar-refractivity contribution is 6.04. The summed E-state index contributed by atoms with van der Waals surface area (Å²) in [4.78, 5) is 41.7. The Balaban J connectivity index is 1.45. The highest BCUT2D eigenvalue weighted by Gasteiger charge is 2.37. The summed E-state index contributed by atoms with van der Waals surface area (Å²) in [6.45, 7) is 5.31. The molecule has 1 aromatic heterocycles. The zero-order valence-electron chi connectivity index (χ0n) is 18.6. The van der Waals surface area contributed by atoms with Gasteiger partial charge in [-0.3, -0.25) is 14.5 Å². The Labute approximate surface area is 183 Å². The summed E-state index contributed by atoms with van der Waals surface area (Å²) in [5.41, 5.74) is 2.12. The maximum atomic E-state index is 12.7. The zero-order chi connectivity index (χ0) is 22.2. The van der Waals surface area contributed by atoms with Crippen LogP contribution in [-0.4, -0.2) is 46.9 Å². The molecule has 4 amide bonds. The van der Waals surface area contributed by atoms with E-state index in [0.717, 1.165) is 35.7 Å². The Morgan fingerprint density at radius 3 is 2.81 bits per heavy atom. The van der Waals surface area contributed by atoms with Gasteiger partial charge >= 0.3 is 6.03 Å². The number of nitrogens with zero attached hydrogens (tertiary/aromatic N) is 1. The fraction of sp³-hybridized carbons (Fsp3) is 0.542. The lowest BCUT2D eigenvalue weighted by molar-refractivity contribution is -0.127. The van der Waals surface area contributed by atoms with Crippen molar-refractivity contribution < 1.29 is 14.4 Å². The molecule has 0 aliphatic carbocycles. The summed E-state index contributed by atoms with van der Waals surface area (Å²) in [5.74, 6) is 0.193. The SMILES string of the molecule is CCCC[C@@H](CC)CNC(=O)CC[C@@H]1NC(=O)N(CCc2c[nH]c3ccccc23)C1=O. The van der Waals surface area contributed by atoms with E-state index in [4.69, 9.17) is 0 Å². The molecule has 7 nitrogen and oxygen atoms in total. The molecule has 2 heterocycles. The van der Waals surface area contributed by atoms with Crippen LogP contribution in [0.3, 0.4) is 0 Å². The fourth-order valence-corrected chi connectivity index (χ4v) is 4.12. The molecule has 1 aromatic carbocycles. The van der Waals surface area contributed by atoms with Crippen LogP contribution in [0.4, 0.5) is 4.79 Å².